The molecule has 2 fully saturated rings. The number of anilines is 1. The number of carboxylic acid groups (broad SMARTS) is 1. The van der Waals surface area contributed by atoms with Crippen molar-refractivity contribution in [3.8, 4) is 6.07 Å². The molecule has 1 N–H and O–H groups in total. The molecular weight excluding hydrogens is 316 g/mol. The minimum atomic E-state index is -0.886. The largest absolute Gasteiger partial charge is 0.465 e. The van der Waals surface area contributed by atoms with E-state index < -0.39 is 6.09 Å². The number of carbonyl (C=O) groups is 1. The Labute approximate surface area is 145 Å². The molecule has 2 atom stereocenters. The zero-order chi connectivity index (χ0) is 17.4. The summed E-state index contributed by atoms with van der Waals surface area (Å²) in [4.78, 5) is 19.5. The molecule has 2 aliphatic heterocycles. The van der Waals surface area contributed by atoms with Crippen molar-refractivity contribution in [2.24, 2.45) is 5.41 Å². The highest BCUT2D eigenvalue weighted by molar-refractivity contribution is 5.67. The van der Waals surface area contributed by atoms with Crippen LogP contribution in [0, 0.1) is 16.7 Å². The first-order valence-corrected chi connectivity index (χ1v) is 8.26. The van der Waals surface area contributed by atoms with Crippen LogP contribution in [0.5, 0.6) is 0 Å². The van der Waals surface area contributed by atoms with Gasteiger partial charge >= 0.3 is 6.09 Å². The summed E-state index contributed by atoms with van der Waals surface area (Å²) in [5, 5.41) is 18.8. The molecule has 6 nitrogen and oxygen atoms in total. The SMILES string of the molecule is N#Cc1cccnc1N1C[C@]2(Cc3ccccc3)CN(C(=O)O)C[C@H]12. The van der Waals surface area contributed by atoms with Gasteiger partial charge in [0.25, 0.3) is 0 Å². The lowest BCUT2D eigenvalue weighted by atomic mass is 9.69. The summed E-state index contributed by atoms with van der Waals surface area (Å²) in [7, 11) is 0. The lowest BCUT2D eigenvalue weighted by Crippen LogP contribution is -2.65. The van der Waals surface area contributed by atoms with E-state index in [4.69, 9.17) is 0 Å². The van der Waals surface area contributed by atoms with Gasteiger partial charge in [0.2, 0.25) is 0 Å². The minimum Gasteiger partial charge on any atom is -0.465 e. The molecule has 0 saturated carbocycles. The molecule has 4 rings (SSSR count). The first kappa shape index (κ1) is 15.5. The van der Waals surface area contributed by atoms with E-state index in [1.165, 1.54) is 10.5 Å². The van der Waals surface area contributed by atoms with Crippen molar-refractivity contribution in [1.29, 1.82) is 5.26 Å². The molecule has 0 spiro atoms. The van der Waals surface area contributed by atoms with Gasteiger partial charge in [-0.25, -0.2) is 9.78 Å². The van der Waals surface area contributed by atoms with Crippen LogP contribution in [0.3, 0.4) is 0 Å². The van der Waals surface area contributed by atoms with Gasteiger partial charge in [-0.15, -0.1) is 0 Å². The van der Waals surface area contributed by atoms with Crippen molar-refractivity contribution in [1.82, 2.24) is 9.88 Å². The molecule has 0 bridgehead atoms. The molecule has 1 amide bonds. The van der Waals surface area contributed by atoms with E-state index in [0.29, 0.717) is 31.0 Å². The topological polar surface area (TPSA) is 80.5 Å². The predicted molar refractivity (Wildman–Crippen MR) is 92.3 cm³/mol. The number of fused-ring (bicyclic) bond motifs is 1. The second-order valence-corrected chi connectivity index (χ2v) is 6.82. The van der Waals surface area contributed by atoms with Gasteiger partial charge in [-0.3, -0.25) is 0 Å². The zero-order valence-corrected chi connectivity index (χ0v) is 13.7. The zero-order valence-electron chi connectivity index (χ0n) is 13.7. The highest BCUT2D eigenvalue weighted by atomic mass is 16.4. The van der Waals surface area contributed by atoms with Gasteiger partial charge < -0.3 is 14.9 Å². The molecule has 0 radical (unpaired) electrons. The fourth-order valence-electron chi connectivity index (χ4n) is 4.19. The van der Waals surface area contributed by atoms with E-state index in [1.54, 1.807) is 18.3 Å². The Hall–Kier alpha value is -3.07. The van der Waals surface area contributed by atoms with E-state index in [0.717, 1.165) is 6.42 Å². The number of aromatic nitrogens is 1. The maximum atomic E-state index is 11.5. The Bertz CT molecular complexity index is 848. The highest BCUT2D eigenvalue weighted by Crippen LogP contribution is 2.48. The number of benzene rings is 1. The van der Waals surface area contributed by atoms with Crippen LogP contribution in [0.4, 0.5) is 10.6 Å². The first-order chi connectivity index (χ1) is 12.1. The summed E-state index contributed by atoms with van der Waals surface area (Å²) >= 11 is 0. The van der Waals surface area contributed by atoms with Gasteiger partial charge in [-0.2, -0.15) is 5.26 Å². The number of hydrogen-bond acceptors (Lipinski definition) is 4. The molecule has 2 aromatic rings. The molecule has 126 valence electrons. The number of nitrogens with zero attached hydrogens (tertiary/aromatic N) is 4. The van der Waals surface area contributed by atoms with Crippen molar-refractivity contribution in [3.05, 3.63) is 59.8 Å². The third-order valence-electron chi connectivity index (χ3n) is 5.32. The maximum Gasteiger partial charge on any atom is 0.407 e. The van der Waals surface area contributed by atoms with Crippen LogP contribution >= 0.6 is 0 Å². The van der Waals surface area contributed by atoms with Crippen molar-refractivity contribution >= 4 is 11.9 Å². The van der Waals surface area contributed by atoms with Crippen LogP contribution < -0.4 is 4.90 Å². The number of rotatable bonds is 3. The Balaban J connectivity index is 1.65. The first-order valence-electron chi connectivity index (χ1n) is 8.26. The van der Waals surface area contributed by atoms with Gasteiger partial charge in [0.1, 0.15) is 11.9 Å². The lowest BCUT2D eigenvalue weighted by Gasteiger charge is -2.54. The maximum absolute atomic E-state index is 11.5. The lowest BCUT2D eigenvalue weighted by molar-refractivity contribution is 0.144. The molecule has 6 heteroatoms. The smallest absolute Gasteiger partial charge is 0.407 e. The number of hydrogen-bond donors (Lipinski definition) is 1. The molecule has 1 aromatic heterocycles. The summed E-state index contributed by atoms with van der Waals surface area (Å²) in [5.74, 6) is 0.658. The molecule has 25 heavy (non-hydrogen) atoms. The molecule has 0 unspecified atom stereocenters. The van der Waals surface area contributed by atoms with Crippen LogP contribution in [-0.4, -0.2) is 46.8 Å². The third kappa shape index (κ3) is 2.49. The van der Waals surface area contributed by atoms with Crippen molar-refractivity contribution in [2.45, 2.75) is 12.5 Å². The highest BCUT2D eigenvalue weighted by Gasteiger charge is 2.59. The molecule has 2 saturated heterocycles. The van der Waals surface area contributed by atoms with E-state index in [9.17, 15) is 15.2 Å². The standard InChI is InChI=1S/C19H18N4O2/c20-10-15-7-4-8-21-17(15)23-13-19(9-14-5-2-1-3-6-14)12-22(18(24)25)11-16(19)23/h1-8,16H,9,11-13H2,(H,24,25)/t16-,19-/m0/s1. The van der Waals surface area contributed by atoms with Gasteiger partial charge in [0.15, 0.2) is 0 Å². The van der Waals surface area contributed by atoms with Gasteiger partial charge in [0, 0.05) is 31.2 Å². The van der Waals surface area contributed by atoms with E-state index >= 15 is 0 Å². The fourth-order valence-corrected chi connectivity index (χ4v) is 4.19. The van der Waals surface area contributed by atoms with Gasteiger partial charge in [-0.1, -0.05) is 30.3 Å². The average molecular weight is 334 g/mol. The summed E-state index contributed by atoms with van der Waals surface area (Å²) in [6.07, 6.45) is 1.62. The Kier molecular flexibility index (Phi) is 3.57. The second-order valence-electron chi connectivity index (χ2n) is 6.82. The average Bonchev–Trinajstić information content (AvgIpc) is 2.90. The number of likely N-dealkylation sites (tertiary alicyclic amines) is 1. The third-order valence-corrected chi connectivity index (χ3v) is 5.32. The Morgan fingerprint density at radius 2 is 2.08 bits per heavy atom. The normalized spacial score (nSPS) is 24.4. The number of nitriles is 1. The fraction of sp³-hybridized carbons (Fsp3) is 0.316. The van der Waals surface area contributed by atoms with Crippen LogP contribution in [0.1, 0.15) is 11.1 Å². The molecular formula is C19H18N4O2. The number of amides is 1. The molecule has 2 aliphatic rings. The van der Waals surface area contributed by atoms with Gasteiger partial charge in [0.05, 0.1) is 11.6 Å². The Morgan fingerprint density at radius 1 is 1.28 bits per heavy atom. The second kappa shape index (κ2) is 5.78. The summed E-state index contributed by atoms with van der Waals surface area (Å²) in [6, 6.07) is 15.9. The predicted octanol–water partition coefficient (Wildman–Crippen LogP) is 2.36. The van der Waals surface area contributed by atoms with Crippen LogP contribution in [-0.2, 0) is 6.42 Å². The van der Waals surface area contributed by atoms with Crippen LogP contribution in [0.15, 0.2) is 48.7 Å². The van der Waals surface area contributed by atoms with Crippen molar-refractivity contribution in [3.63, 3.8) is 0 Å². The van der Waals surface area contributed by atoms with E-state index in [1.807, 2.05) is 18.2 Å². The summed E-state index contributed by atoms with van der Waals surface area (Å²) in [6.45, 7) is 1.68. The van der Waals surface area contributed by atoms with Crippen molar-refractivity contribution in [2.75, 3.05) is 24.5 Å². The van der Waals surface area contributed by atoms with Crippen LogP contribution in [0.2, 0.25) is 0 Å². The van der Waals surface area contributed by atoms with E-state index in [2.05, 4.69) is 28.1 Å². The monoisotopic (exact) mass is 334 g/mol. The molecule has 0 aliphatic carbocycles. The Morgan fingerprint density at radius 3 is 2.80 bits per heavy atom. The molecule has 1 aromatic carbocycles. The summed E-state index contributed by atoms with van der Waals surface area (Å²) in [5.41, 5.74) is 1.62. The molecule has 3 heterocycles. The van der Waals surface area contributed by atoms with E-state index in [-0.39, 0.29) is 11.5 Å². The van der Waals surface area contributed by atoms with Crippen LogP contribution in [0.25, 0.3) is 0 Å². The minimum absolute atomic E-state index is 0.0470. The summed E-state index contributed by atoms with van der Waals surface area (Å²) < 4.78 is 0. The number of pyridine rings is 1. The van der Waals surface area contributed by atoms with Crippen molar-refractivity contribution < 1.29 is 9.90 Å². The van der Waals surface area contributed by atoms with Gasteiger partial charge in [-0.05, 0) is 24.1 Å². The quantitative estimate of drug-likeness (QED) is 0.932.